The van der Waals surface area contributed by atoms with Crippen molar-refractivity contribution in [1.29, 1.82) is 0 Å². The Labute approximate surface area is 97.5 Å². The van der Waals surface area contributed by atoms with E-state index in [0.29, 0.717) is 4.47 Å². The molecule has 0 heterocycles. The summed E-state index contributed by atoms with van der Waals surface area (Å²) in [6.45, 7) is -0.758. The highest BCUT2D eigenvalue weighted by Crippen LogP contribution is 2.25. The summed E-state index contributed by atoms with van der Waals surface area (Å²) in [5, 5.41) is 0. The van der Waals surface area contributed by atoms with E-state index in [0.717, 1.165) is 6.07 Å². The van der Waals surface area contributed by atoms with Gasteiger partial charge in [-0.3, -0.25) is 4.74 Å². The smallest absolute Gasteiger partial charge is 0.322 e. The summed E-state index contributed by atoms with van der Waals surface area (Å²) in [6.07, 6.45) is -4.74. The van der Waals surface area contributed by atoms with Crippen LogP contribution in [-0.4, -0.2) is 13.0 Å². The third kappa shape index (κ3) is 4.07. The zero-order valence-electron chi connectivity index (χ0n) is 7.89. The number of alkyl halides is 3. The second-order valence-electron chi connectivity index (χ2n) is 3.03. The highest BCUT2D eigenvalue weighted by Gasteiger charge is 2.30. The van der Waals surface area contributed by atoms with Crippen molar-refractivity contribution in [2.24, 2.45) is 5.73 Å². The van der Waals surface area contributed by atoms with Crippen LogP contribution in [0, 0.1) is 5.82 Å². The van der Waals surface area contributed by atoms with E-state index in [9.17, 15) is 17.6 Å². The number of hydrogen-bond donors (Lipinski definition) is 1. The molecule has 0 aromatic heterocycles. The molecule has 0 saturated heterocycles. The lowest BCUT2D eigenvalue weighted by molar-refractivity contribution is -0.326. The average Bonchev–Trinajstić information content (AvgIpc) is 2.17. The Hall–Kier alpha value is -0.660. The van der Waals surface area contributed by atoms with Crippen LogP contribution in [0.25, 0.3) is 0 Å². The summed E-state index contributed by atoms with van der Waals surface area (Å²) in [5.41, 5.74) is 5.68. The summed E-state index contributed by atoms with van der Waals surface area (Å²) in [4.78, 5) is 0. The standard InChI is InChI=1S/C9H8BrF4NO/c10-7-2-1-5(11)3-6(7)8(15)4-16-9(12,13)14/h1-3,8H,4,15H2/t8-/m1/s1. The van der Waals surface area contributed by atoms with Crippen LogP contribution >= 0.6 is 15.9 Å². The van der Waals surface area contributed by atoms with Crippen LogP contribution in [0.5, 0.6) is 0 Å². The maximum Gasteiger partial charge on any atom is 0.522 e. The molecule has 0 fully saturated rings. The van der Waals surface area contributed by atoms with Gasteiger partial charge in [-0.25, -0.2) is 4.39 Å². The summed E-state index contributed by atoms with van der Waals surface area (Å²) in [5.74, 6) is -0.569. The molecule has 2 nitrogen and oxygen atoms in total. The lowest BCUT2D eigenvalue weighted by atomic mass is 10.1. The van der Waals surface area contributed by atoms with E-state index < -0.39 is 24.8 Å². The second kappa shape index (κ2) is 5.11. The number of ether oxygens (including phenoxy) is 1. The molecule has 1 rings (SSSR count). The van der Waals surface area contributed by atoms with Crippen LogP contribution in [0.4, 0.5) is 17.6 Å². The Bertz CT molecular complexity index is 369. The molecule has 90 valence electrons. The molecule has 1 aromatic rings. The normalized spacial score (nSPS) is 13.9. The number of nitrogens with two attached hydrogens (primary N) is 1. The van der Waals surface area contributed by atoms with Gasteiger partial charge in [0.25, 0.3) is 0 Å². The van der Waals surface area contributed by atoms with Crippen LogP contribution < -0.4 is 5.73 Å². The molecule has 0 unspecified atom stereocenters. The number of hydrogen-bond acceptors (Lipinski definition) is 2. The van der Waals surface area contributed by atoms with Crippen molar-refractivity contribution >= 4 is 15.9 Å². The van der Waals surface area contributed by atoms with Gasteiger partial charge in [-0.05, 0) is 23.8 Å². The first-order chi connectivity index (χ1) is 7.29. The fourth-order valence-corrected chi connectivity index (χ4v) is 1.61. The van der Waals surface area contributed by atoms with Gasteiger partial charge in [0.05, 0.1) is 12.6 Å². The lowest BCUT2D eigenvalue weighted by Gasteiger charge is -2.15. The molecule has 0 bridgehead atoms. The van der Waals surface area contributed by atoms with Gasteiger partial charge >= 0.3 is 6.36 Å². The Kier molecular flexibility index (Phi) is 4.28. The van der Waals surface area contributed by atoms with E-state index >= 15 is 0 Å². The largest absolute Gasteiger partial charge is 0.522 e. The molecule has 16 heavy (non-hydrogen) atoms. The van der Waals surface area contributed by atoms with Crippen LogP contribution in [0.15, 0.2) is 22.7 Å². The fourth-order valence-electron chi connectivity index (χ4n) is 1.07. The van der Waals surface area contributed by atoms with E-state index in [1.807, 2.05) is 0 Å². The van der Waals surface area contributed by atoms with Gasteiger partial charge in [0, 0.05) is 4.47 Å². The summed E-state index contributed by atoms with van der Waals surface area (Å²) in [7, 11) is 0. The van der Waals surface area contributed by atoms with Crippen LogP contribution in [0.1, 0.15) is 11.6 Å². The number of halogens is 5. The zero-order chi connectivity index (χ0) is 12.3. The van der Waals surface area contributed by atoms with Crippen molar-refractivity contribution in [3.8, 4) is 0 Å². The molecular weight excluding hydrogens is 294 g/mol. The fraction of sp³-hybridized carbons (Fsp3) is 0.333. The van der Waals surface area contributed by atoms with Crippen molar-refractivity contribution in [3.63, 3.8) is 0 Å². The zero-order valence-corrected chi connectivity index (χ0v) is 9.48. The predicted octanol–water partition coefficient (Wildman–Crippen LogP) is 3.12. The monoisotopic (exact) mass is 301 g/mol. The van der Waals surface area contributed by atoms with Gasteiger partial charge < -0.3 is 5.73 Å². The SMILES string of the molecule is N[C@H](COC(F)(F)F)c1cc(F)ccc1Br. The van der Waals surface area contributed by atoms with Gasteiger partial charge in [-0.2, -0.15) is 0 Å². The molecule has 7 heteroatoms. The van der Waals surface area contributed by atoms with Crippen molar-refractivity contribution in [2.75, 3.05) is 6.61 Å². The van der Waals surface area contributed by atoms with Gasteiger partial charge in [0.2, 0.25) is 0 Å². The molecule has 0 aliphatic heterocycles. The molecule has 0 aliphatic carbocycles. The van der Waals surface area contributed by atoms with Gasteiger partial charge in [0.15, 0.2) is 0 Å². The van der Waals surface area contributed by atoms with Crippen LogP contribution in [0.2, 0.25) is 0 Å². The Morgan fingerprint density at radius 3 is 2.56 bits per heavy atom. The van der Waals surface area contributed by atoms with Crippen molar-refractivity contribution in [3.05, 3.63) is 34.1 Å². The molecule has 0 aliphatic rings. The van der Waals surface area contributed by atoms with Crippen molar-refractivity contribution in [2.45, 2.75) is 12.4 Å². The third-order valence-electron chi connectivity index (χ3n) is 1.78. The number of benzene rings is 1. The molecule has 0 saturated carbocycles. The first-order valence-electron chi connectivity index (χ1n) is 4.21. The van der Waals surface area contributed by atoms with Crippen molar-refractivity contribution in [1.82, 2.24) is 0 Å². The summed E-state index contributed by atoms with van der Waals surface area (Å²) >= 11 is 3.07. The predicted molar refractivity (Wildman–Crippen MR) is 53.0 cm³/mol. The van der Waals surface area contributed by atoms with Gasteiger partial charge in [-0.1, -0.05) is 15.9 Å². The average molecular weight is 302 g/mol. The first kappa shape index (κ1) is 13.4. The Balaban J connectivity index is 2.73. The molecule has 0 amide bonds. The van der Waals surface area contributed by atoms with E-state index in [-0.39, 0.29) is 5.56 Å². The highest BCUT2D eigenvalue weighted by molar-refractivity contribution is 9.10. The highest BCUT2D eigenvalue weighted by atomic mass is 79.9. The summed E-state index contributed by atoms with van der Waals surface area (Å²) < 4.78 is 52.1. The second-order valence-corrected chi connectivity index (χ2v) is 3.88. The topological polar surface area (TPSA) is 35.2 Å². The first-order valence-corrected chi connectivity index (χ1v) is 5.00. The minimum Gasteiger partial charge on any atom is -0.322 e. The van der Waals surface area contributed by atoms with E-state index in [2.05, 4.69) is 20.7 Å². The molecule has 0 spiro atoms. The molecule has 0 radical (unpaired) electrons. The van der Waals surface area contributed by atoms with Crippen molar-refractivity contribution < 1.29 is 22.3 Å². The molecule has 1 aromatic carbocycles. The lowest BCUT2D eigenvalue weighted by Crippen LogP contribution is -2.23. The minimum absolute atomic E-state index is 0.226. The molecule has 2 N–H and O–H groups in total. The van der Waals surface area contributed by atoms with E-state index in [4.69, 9.17) is 5.73 Å². The van der Waals surface area contributed by atoms with E-state index in [1.54, 1.807) is 0 Å². The Morgan fingerprint density at radius 1 is 1.38 bits per heavy atom. The van der Waals surface area contributed by atoms with Crippen LogP contribution in [0.3, 0.4) is 0 Å². The van der Waals surface area contributed by atoms with E-state index in [1.165, 1.54) is 12.1 Å². The molecular formula is C9H8BrF4NO. The Morgan fingerprint density at radius 2 is 2.00 bits per heavy atom. The van der Waals surface area contributed by atoms with Gasteiger partial charge in [-0.15, -0.1) is 13.2 Å². The third-order valence-corrected chi connectivity index (χ3v) is 2.51. The minimum atomic E-state index is -4.74. The summed E-state index contributed by atoms with van der Waals surface area (Å²) in [6, 6.07) is 2.56. The maximum atomic E-state index is 12.8. The maximum absolute atomic E-state index is 12.8. The quantitative estimate of drug-likeness (QED) is 0.871. The molecule has 1 atom stereocenters. The van der Waals surface area contributed by atoms with Crippen LogP contribution in [-0.2, 0) is 4.74 Å². The van der Waals surface area contributed by atoms with Gasteiger partial charge in [0.1, 0.15) is 5.82 Å². The number of rotatable bonds is 3.